The number of aromatic nitrogens is 2. The highest BCUT2D eigenvalue weighted by atomic mass is 16.2. The quantitative estimate of drug-likeness (QED) is 0.576. The highest BCUT2D eigenvalue weighted by molar-refractivity contribution is 6.01. The van der Waals surface area contributed by atoms with E-state index in [0.717, 1.165) is 0 Å². The van der Waals surface area contributed by atoms with Crippen molar-refractivity contribution in [1.82, 2.24) is 10.2 Å². The first-order valence-corrected chi connectivity index (χ1v) is 3.66. The molecule has 1 aliphatic heterocycles. The molecule has 2 heterocycles. The first kappa shape index (κ1) is 7.02. The largest absolute Gasteiger partial charge is 0.355 e. The molecule has 62 valence electrons. The molecule has 2 N–H and O–H groups in total. The number of fused-ring (bicyclic) bond motifs is 1. The molecule has 0 saturated heterocycles. The van der Waals surface area contributed by atoms with Gasteiger partial charge in [0, 0.05) is 0 Å². The first-order valence-electron chi connectivity index (χ1n) is 3.66. The molecule has 0 saturated carbocycles. The lowest BCUT2D eigenvalue weighted by molar-refractivity contribution is -0.116. The molecule has 1 atom stereocenters. The maximum absolute atomic E-state index is 11.1. The van der Waals surface area contributed by atoms with Gasteiger partial charge in [-0.3, -0.25) is 4.79 Å². The van der Waals surface area contributed by atoms with E-state index in [1.807, 2.05) is 0 Å². The maximum Gasteiger partial charge on any atom is 0.246 e. The van der Waals surface area contributed by atoms with Crippen molar-refractivity contribution < 1.29 is 4.79 Å². The fourth-order valence-electron chi connectivity index (χ4n) is 1.05. The molecule has 0 aromatic carbocycles. The minimum atomic E-state index is -0.241. The van der Waals surface area contributed by atoms with Crippen molar-refractivity contribution in [3.8, 4) is 0 Å². The van der Waals surface area contributed by atoms with E-state index < -0.39 is 0 Å². The van der Waals surface area contributed by atoms with Crippen molar-refractivity contribution in [3.63, 3.8) is 0 Å². The third-order valence-electron chi connectivity index (χ3n) is 1.73. The summed E-state index contributed by atoms with van der Waals surface area (Å²) in [6, 6.07) is 1.47. The smallest absolute Gasteiger partial charge is 0.246 e. The van der Waals surface area contributed by atoms with E-state index >= 15 is 0 Å². The van der Waals surface area contributed by atoms with Crippen LogP contribution in [-0.2, 0) is 4.79 Å². The van der Waals surface area contributed by atoms with E-state index in [-0.39, 0.29) is 11.9 Å². The summed E-state index contributed by atoms with van der Waals surface area (Å²) >= 11 is 0. The summed E-state index contributed by atoms with van der Waals surface area (Å²) in [5, 5.41) is 13.2. The summed E-state index contributed by atoms with van der Waals surface area (Å²) in [6.07, 6.45) is 1.54. The van der Waals surface area contributed by atoms with Crippen molar-refractivity contribution in [3.05, 3.63) is 12.3 Å². The standard InChI is InChI=1S/C7H8N4O/c1-4-7(12)10-5-2-3-8-11-6(5)9-4/h2-4H,1H3,(H,9,11)(H,10,12). The second-order valence-corrected chi connectivity index (χ2v) is 2.65. The van der Waals surface area contributed by atoms with Gasteiger partial charge in [-0.25, -0.2) is 0 Å². The third kappa shape index (κ3) is 0.990. The molecule has 5 nitrogen and oxygen atoms in total. The Hall–Kier alpha value is -1.65. The van der Waals surface area contributed by atoms with E-state index in [2.05, 4.69) is 20.8 Å². The molecule has 0 bridgehead atoms. The minimum Gasteiger partial charge on any atom is -0.355 e. The highest BCUT2D eigenvalue weighted by Crippen LogP contribution is 2.21. The molecule has 1 amide bonds. The first-order chi connectivity index (χ1) is 5.77. The predicted molar refractivity (Wildman–Crippen MR) is 43.7 cm³/mol. The highest BCUT2D eigenvalue weighted by Gasteiger charge is 2.21. The zero-order valence-electron chi connectivity index (χ0n) is 6.53. The normalized spacial score (nSPS) is 20.8. The Kier molecular flexibility index (Phi) is 1.43. The van der Waals surface area contributed by atoms with Crippen LogP contribution in [0.3, 0.4) is 0 Å². The molecule has 2 rings (SSSR count). The summed E-state index contributed by atoms with van der Waals surface area (Å²) < 4.78 is 0. The summed E-state index contributed by atoms with van der Waals surface area (Å²) in [5.74, 6) is 0.583. The van der Waals surface area contributed by atoms with E-state index in [4.69, 9.17) is 0 Å². The molecule has 1 aromatic heterocycles. The summed E-state index contributed by atoms with van der Waals surface area (Å²) in [5.41, 5.74) is 0.688. The van der Waals surface area contributed by atoms with Gasteiger partial charge in [-0.1, -0.05) is 0 Å². The van der Waals surface area contributed by atoms with Gasteiger partial charge >= 0.3 is 0 Å². The Balaban J connectivity index is 2.40. The average Bonchev–Trinajstić information content (AvgIpc) is 2.07. The van der Waals surface area contributed by atoms with Crippen molar-refractivity contribution >= 4 is 17.4 Å². The summed E-state index contributed by atoms with van der Waals surface area (Å²) in [6.45, 7) is 1.77. The number of hydrogen-bond acceptors (Lipinski definition) is 4. The number of nitrogens with one attached hydrogen (secondary N) is 2. The van der Waals surface area contributed by atoms with Crippen LogP contribution in [0.15, 0.2) is 12.3 Å². The SMILES string of the molecule is CC1Nc2nnccc2NC1=O. The van der Waals surface area contributed by atoms with Gasteiger partial charge in [-0.2, -0.15) is 5.10 Å². The van der Waals surface area contributed by atoms with Crippen LogP contribution in [0.2, 0.25) is 0 Å². The lowest BCUT2D eigenvalue weighted by Crippen LogP contribution is -2.36. The van der Waals surface area contributed by atoms with Crippen LogP contribution in [0.25, 0.3) is 0 Å². The van der Waals surface area contributed by atoms with Crippen LogP contribution in [0, 0.1) is 0 Å². The van der Waals surface area contributed by atoms with Gasteiger partial charge in [0.2, 0.25) is 5.91 Å². The van der Waals surface area contributed by atoms with Crippen LogP contribution in [0.5, 0.6) is 0 Å². The Morgan fingerprint density at radius 1 is 1.58 bits per heavy atom. The van der Waals surface area contributed by atoms with Gasteiger partial charge in [-0.05, 0) is 13.0 Å². The molecule has 1 unspecified atom stereocenters. The van der Waals surface area contributed by atoms with Crippen molar-refractivity contribution in [2.45, 2.75) is 13.0 Å². The number of hydrogen-bond donors (Lipinski definition) is 2. The van der Waals surface area contributed by atoms with E-state index in [9.17, 15) is 4.79 Å². The number of carbonyl (C=O) groups is 1. The number of amides is 1. The predicted octanol–water partition coefficient (Wildman–Crippen LogP) is 0.229. The van der Waals surface area contributed by atoms with Crippen LogP contribution in [-0.4, -0.2) is 22.1 Å². The lowest BCUT2D eigenvalue weighted by atomic mass is 10.2. The van der Waals surface area contributed by atoms with Gasteiger partial charge in [0.1, 0.15) is 6.04 Å². The Morgan fingerprint density at radius 2 is 2.42 bits per heavy atom. The van der Waals surface area contributed by atoms with Crippen molar-refractivity contribution in [2.75, 3.05) is 10.6 Å². The number of anilines is 2. The van der Waals surface area contributed by atoms with Gasteiger partial charge < -0.3 is 10.6 Å². The third-order valence-corrected chi connectivity index (χ3v) is 1.73. The van der Waals surface area contributed by atoms with Gasteiger partial charge in [0.25, 0.3) is 0 Å². The van der Waals surface area contributed by atoms with Crippen molar-refractivity contribution in [1.29, 1.82) is 0 Å². The average molecular weight is 164 g/mol. The molecule has 1 aliphatic rings. The second-order valence-electron chi connectivity index (χ2n) is 2.65. The van der Waals surface area contributed by atoms with Crippen LogP contribution in [0.4, 0.5) is 11.5 Å². The van der Waals surface area contributed by atoms with E-state index in [0.29, 0.717) is 11.5 Å². The van der Waals surface area contributed by atoms with Gasteiger partial charge in [-0.15, -0.1) is 5.10 Å². The van der Waals surface area contributed by atoms with Crippen LogP contribution < -0.4 is 10.6 Å². The van der Waals surface area contributed by atoms with Crippen molar-refractivity contribution in [2.24, 2.45) is 0 Å². The number of nitrogens with zero attached hydrogens (tertiary/aromatic N) is 2. The molecule has 12 heavy (non-hydrogen) atoms. The second kappa shape index (κ2) is 2.44. The molecular weight excluding hydrogens is 156 g/mol. The molecular formula is C7H8N4O. The van der Waals surface area contributed by atoms with Crippen LogP contribution >= 0.6 is 0 Å². The van der Waals surface area contributed by atoms with Gasteiger partial charge in [0.15, 0.2) is 5.82 Å². The molecule has 1 aromatic rings. The zero-order valence-corrected chi connectivity index (χ0v) is 6.53. The number of rotatable bonds is 0. The number of carbonyl (C=O) groups excluding carboxylic acids is 1. The van der Waals surface area contributed by atoms with E-state index in [1.54, 1.807) is 13.0 Å². The Labute approximate surface area is 69.2 Å². The van der Waals surface area contributed by atoms with E-state index in [1.165, 1.54) is 6.20 Å². The topological polar surface area (TPSA) is 66.9 Å². The maximum atomic E-state index is 11.1. The zero-order chi connectivity index (χ0) is 8.55. The monoisotopic (exact) mass is 164 g/mol. The summed E-state index contributed by atoms with van der Waals surface area (Å²) in [7, 11) is 0. The minimum absolute atomic E-state index is 0.0458. The fourth-order valence-corrected chi connectivity index (χ4v) is 1.05. The molecule has 0 aliphatic carbocycles. The molecule has 0 spiro atoms. The van der Waals surface area contributed by atoms with Gasteiger partial charge in [0.05, 0.1) is 11.9 Å². The lowest BCUT2D eigenvalue weighted by Gasteiger charge is -2.21. The summed E-state index contributed by atoms with van der Waals surface area (Å²) in [4.78, 5) is 11.1. The Bertz CT molecular complexity index is 325. The Morgan fingerprint density at radius 3 is 3.25 bits per heavy atom. The molecule has 0 fully saturated rings. The molecule has 0 radical (unpaired) electrons. The molecule has 5 heteroatoms. The fraction of sp³-hybridized carbons (Fsp3) is 0.286. The van der Waals surface area contributed by atoms with Crippen LogP contribution in [0.1, 0.15) is 6.92 Å².